The Morgan fingerprint density at radius 3 is 2.73 bits per heavy atom. The second kappa shape index (κ2) is 6.51. The minimum Gasteiger partial charge on any atom is -0.392 e. The van der Waals surface area contributed by atoms with Gasteiger partial charge in [0.25, 0.3) is 5.56 Å². The van der Waals surface area contributed by atoms with E-state index in [1.165, 1.54) is 11.3 Å². The number of aliphatic hydroxyl groups excluding tert-OH is 1. The first-order chi connectivity index (χ1) is 12.5. The first kappa shape index (κ1) is 16.7. The number of pyridine rings is 1. The number of hydrogen-bond acceptors (Lipinski definition) is 6. The van der Waals surface area contributed by atoms with Crippen LogP contribution in [0.15, 0.2) is 47.7 Å². The molecule has 132 valence electrons. The molecule has 0 aliphatic carbocycles. The van der Waals surface area contributed by atoms with Crippen molar-refractivity contribution >= 4 is 37.5 Å². The maximum absolute atomic E-state index is 13.0. The zero-order valence-electron chi connectivity index (χ0n) is 14.4. The van der Waals surface area contributed by atoms with E-state index in [0.29, 0.717) is 16.8 Å². The number of rotatable bonds is 4. The van der Waals surface area contributed by atoms with E-state index in [1.54, 1.807) is 24.0 Å². The van der Waals surface area contributed by atoms with Crippen LogP contribution in [0, 0.1) is 6.92 Å². The molecule has 4 aromatic rings. The van der Waals surface area contributed by atoms with E-state index >= 15 is 0 Å². The summed E-state index contributed by atoms with van der Waals surface area (Å²) in [6.07, 6.45) is 2.78. The highest BCUT2D eigenvalue weighted by Crippen LogP contribution is 2.34. The van der Waals surface area contributed by atoms with E-state index in [4.69, 9.17) is 0 Å². The van der Waals surface area contributed by atoms with E-state index in [-0.39, 0.29) is 5.56 Å². The molecule has 7 heteroatoms. The van der Waals surface area contributed by atoms with E-state index < -0.39 is 6.10 Å². The van der Waals surface area contributed by atoms with Gasteiger partial charge in [-0.2, -0.15) is 0 Å². The first-order valence-electron chi connectivity index (χ1n) is 8.32. The van der Waals surface area contributed by atoms with Gasteiger partial charge in [-0.25, -0.2) is 9.97 Å². The Hall–Kier alpha value is -2.77. The van der Waals surface area contributed by atoms with Crippen LogP contribution in [0.5, 0.6) is 0 Å². The number of fused-ring (bicyclic) bond motifs is 3. The van der Waals surface area contributed by atoms with E-state index in [0.717, 1.165) is 27.2 Å². The van der Waals surface area contributed by atoms with Crippen LogP contribution in [0.25, 0.3) is 26.1 Å². The molecule has 0 unspecified atom stereocenters. The Morgan fingerprint density at radius 2 is 2.00 bits per heavy atom. The van der Waals surface area contributed by atoms with Crippen LogP contribution >= 0.6 is 11.3 Å². The molecule has 0 amide bonds. The molecule has 26 heavy (non-hydrogen) atoms. The first-order valence-corrected chi connectivity index (χ1v) is 9.14. The van der Waals surface area contributed by atoms with Crippen molar-refractivity contribution in [3.8, 4) is 5.69 Å². The minimum absolute atomic E-state index is 0.108. The Labute approximate surface area is 153 Å². The summed E-state index contributed by atoms with van der Waals surface area (Å²) >= 11 is 1.34. The summed E-state index contributed by atoms with van der Waals surface area (Å²) in [6, 6.07) is 9.59. The summed E-state index contributed by atoms with van der Waals surface area (Å²) in [5.74, 6) is 0. The third-order valence-corrected chi connectivity index (χ3v) is 5.26. The molecule has 1 aromatic carbocycles. The van der Waals surface area contributed by atoms with Gasteiger partial charge in [0, 0.05) is 18.4 Å². The van der Waals surface area contributed by atoms with Gasteiger partial charge in [0.2, 0.25) is 0 Å². The lowest BCUT2D eigenvalue weighted by Crippen LogP contribution is -2.18. The Kier molecular flexibility index (Phi) is 4.18. The number of thiophene rings is 1. The van der Waals surface area contributed by atoms with Gasteiger partial charge in [0.1, 0.15) is 15.9 Å². The maximum Gasteiger partial charge on any atom is 0.275 e. The molecule has 6 nitrogen and oxygen atoms in total. The lowest BCUT2D eigenvalue weighted by Gasteiger charge is -2.09. The van der Waals surface area contributed by atoms with Gasteiger partial charge < -0.3 is 10.4 Å². The summed E-state index contributed by atoms with van der Waals surface area (Å²) in [6.45, 7) is 4.14. The Morgan fingerprint density at radius 1 is 1.23 bits per heavy atom. The fourth-order valence-electron chi connectivity index (χ4n) is 2.85. The summed E-state index contributed by atoms with van der Waals surface area (Å²) in [5.41, 5.74) is 3.27. The number of nitrogens with one attached hydrogen (secondary N) is 1. The summed E-state index contributed by atoms with van der Waals surface area (Å²) in [5, 5.41) is 13.6. The number of nitrogens with zero attached hydrogens (tertiary/aromatic N) is 3. The smallest absolute Gasteiger partial charge is 0.275 e. The van der Waals surface area contributed by atoms with Crippen LogP contribution in [-0.2, 0) is 0 Å². The van der Waals surface area contributed by atoms with Crippen molar-refractivity contribution in [1.82, 2.24) is 14.5 Å². The van der Waals surface area contributed by atoms with Crippen molar-refractivity contribution in [3.05, 3.63) is 58.8 Å². The molecule has 0 aliphatic rings. The summed E-state index contributed by atoms with van der Waals surface area (Å²) < 4.78 is 2.13. The largest absolute Gasteiger partial charge is 0.392 e. The monoisotopic (exact) mass is 366 g/mol. The van der Waals surface area contributed by atoms with Gasteiger partial charge in [-0.05, 0) is 32.0 Å². The molecular weight excluding hydrogens is 348 g/mol. The topological polar surface area (TPSA) is 80.0 Å². The van der Waals surface area contributed by atoms with Crippen molar-refractivity contribution in [2.45, 2.75) is 20.0 Å². The van der Waals surface area contributed by atoms with E-state index in [1.807, 2.05) is 37.3 Å². The van der Waals surface area contributed by atoms with E-state index in [9.17, 15) is 9.90 Å². The Bertz CT molecular complexity index is 1150. The summed E-state index contributed by atoms with van der Waals surface area (Å²) in [7, 11) is 0. The van der Waals surface area contributed by atoms with Gasteiger partial charge >= 0.3 is 0 Å². The lowest BCUT2D eigenvalue weighted by atomic mass is 10.2. The number of benzene rings is 1. The van der Waals surface area contributed by atoms with Crippen molar-refractivity contribution in [3.63, 3.8) is 0 Å². The van der Waals surface area contributed by atoms with Crippen molar-refractivity contribution < 1.29 is 5.11 Å². The van der Waals surface area contributed by atoms with Crippen LogP contribution in [0.1, 0.15) is 12.5 Å². The highest BCUT2D eigenvalue weighted by Gasteiger charge is 2.16. The molecule has 0 fully saturated rings. The molecule has 3 aromatic heterocycles. The molecule has 0 spiro atoms. The molecule has 0 radical (unpaired) electrons. The minimum atomic E-state index is -0.477. The lowest BCUT2D eigenvalue weighted by molar-refractivity contribution is 0.208. The predicted molar refractivity (Wildman–Crippen MR) is 105 cm³/mol. The third kappa shape index (κ3) is 2.85. The second-order valence-corrected chi connectivity index (χ2v) is 7.30. The van der Waals surface area contributed by atoms with Crippen LogP contribution < -0.4 is 10.9 Å². The second-order valence-electron chi connectivity index (χ2n) is 6.30. The normalized spacial score (nSPS) is 12.6. The zero-order valence-corrected chi connectivity index (χ0v) is 15.2. The van der Waals surface area contributed by atoms with Crippen molar-refractivity contribution in [2.75, 3.05) is 11.9 Å². The molecule has 2 N–H and O–H groups in total. The average molecular weight is 366 g/mol. The number of anilines is 1. The fourth-order valence-corrected chi connectivity index (χ4v) is 3.90. The molecule has 1 atom stereocenters. The van der Waals surface area contributed by atoms with Gasteiger partial charge in [-0.15, -0.1) is 11.3 Å². The number of aryl methyl sites for hydroxylation is 1. The summed E-state index contributed by atoms with van der Waals surface area (Å²) in [4.78, 5) is 22.7. The van der Waals surface area contributed by atoms with Gasteiger partial charge in [-0.1, -0.05) is 17.7 Å². The van der Waals surface area contributed by atoms with Crippen LogP contribution in [-0.4, -0.2) is 32.3 Å². The fraction of sp³-hybridized carbons (Fsp3) is 0.211. The average Bonchev–Trinajstić information content (AvgIpc) is 3.01. The van der Waals surface area contributed by atoms with Gasteiger partial charge in [0.15, 0.2) is 0 Å². The van der Waals surface area contributed by atoms with Crippen molar-refractivity contribution in [2.24, 2.45) is 0 Å². The Balaban J connectivity index is 1.91. The molecule has 0 bridgehead atoms. The number of aromatic nitrogens is 3. The number of aliphatic hydroxyl groups is 1. The molecular formula is C19H18N4O2S. The third-order valence-electron chi connectivity index (χ3n) is 4.18. The molecule has 3 heterocycles. The highest BCUT2D eigenvalue weighted by atomic mass is 32.1. The number of hydrogen-bond donors (Lipinski definition) is 2. The predicted octanol–water partition coefficient (Wildman–Crippen LogP) is 3.10. The van der Waals surface area contributed by atoms with Gasteiger partial charge in [0.05, 0.1) is 22.7 Å². The standard InChI is InChI=1S/C19H18N4O2S/c1-11-3-5-13(6-4-11)23-10-22-16-15-14(21-9-12(2)24)7-8-20-18(15)26-17(16)19(23)25/h3-8,10,12,24H,9H2,1-2H3,(H,20,21)/t12-/m1/s1. The molecule has 0 saturated carbocycles. The van der Waals surface area contributed by atoms with Crippen LogP contribution in [0.3, 0.4) is 0 Å². The van der Waals surface area contributed by atoms with Gasteiger partial charge in [-0.3, -0.25) is 9.36 Å². The molecule has 4 rings (SSSR count). The highest BCUT2D eigenvalue weighted by molar-refractivity contribution is 7.25. The van der Waals surface area contributed by atoms with E-state index in [2.05, 4.69) is 15.3 Å². The maximum atomic E-state index is 13.0. The van der Waals surface area contributed by atoms with Crippen LogP contribution in [0.2, 0.25) is 0 Å². The quantitative estimate of drug-likeness (QED) is 0.580. The molecule has 0 saturated heterocycles. The zero-order chi connectivity index (χ0) is 18.3. The SMILES string of the molecule is Cc1ccc(-n2cnc3c(sc4nccc(NC[C@@H](C)O)c43)c2=O)cc1. The van der Waals surface area contributed by atoms with Crippen LogP contribution in [0.4, 0.5) is 5.69 Å². The van der Waals surface area contributed by atoms with Crippen molar-refractivity contribution in [1.29, 1.82) is 0 Å². The molecule has 0 aliphatic heterocycles.